The quantitative estimate of drug-likeness (QED) is 0.511. The molecule has 0 saturated carbocycles. The molecule has 0 aromatic heterocycles. The van der Waals surface area contributed by atoms with Gasteiger partial charge in [-0.15, -0.1) is 0 Å². The predicted molar refractivity (Wildman–Crippen MR) is 75.3 cm³/mol. The van der Waals surface area contributed by atoms with Crippen molar-refractivity contribution in [3.63, 3.8) is 0 Å². The zero-order valence-corrected chi connectivity index (χ0v) is 12.3. The Bertz CT molecular complexity index is 457. The lowest BCUT2D eigenvalue weighted by atomic mass is 10.2. The molecule has 0 amide bonds. The van der Waals surface area contributed by atoms with Gasteiger partial charge in [0.15, 0.2) is 6.61 Å². The smallest absolute Gasteiger partial charge is 0.344 e. The topological polar surface area (TPSA) is 71.1 Å². The number of hydrogen-bond acceptors (Lipinski definition) is 6. The Labute approximate surface area is 123 Å². The lowest BCUT2D eigenvalue weighted by Crippen LogP contribution is -2.17. The highest BCUT2D eigenvalue weighted by Crippen LogP contribution is 2.14. The van der Waals surface area contributed by atoms with E-state index in [9.17, 15) is 9.59 Å². The molecule has 0 fully saturated rings. The standard InChI is InChI=1S/C15H20O6/c1-3-18-8-9-20-14(16)11-21-13-7-5-6-12(10-13)15(17)19-4-2/h5-7,10H,3-4,8-9,11H2,1-2H3. The summed E-state index contributed by atoms with van der Waals surface area (Å²) in [6.45, 7) is 4.81. The fraction of sp³-hybridized carbons (Fsp3) is 0.467. The normalized spacial score (nSPS) is 10.0. The van der Waals surface area contributed by atoms with E-state index in [1.165, 1.54) is 6.07 Å². The number of carbonyl (C=O) groups is 2. The Morgan fingerprint density at radius 2 is 1.86 bits per heavy atom. The zero-order chi connectivity index (χ0) is 15.5. The van der Waals surface area contributed by atoms with Crippen molar-refractivity contribution in [2.75, 3.05) is 33.0 Å². The molecule has 0 aliphatic carbocycles. The second-order valence-electron chi connectivity index (χ2n) is 3.95. The molecule has 6 nitrogen and oxygen atoms in total. The molecule has 0 unspecified atom stereocenters. The minimum Gasteiger partial charge on any atom is -0.482 e. The van der Waals surface area contributed by atoms with Crippen molar-refractivity contribution in [2.24, 2.45) is 0 Å². The van der Waals surface area contributed by atoms with Gasteiger partial charge in [0, 0.05) is 6.61 Å². The molecule has 6 heteroatoms. The van der Waals surface area contributed by atoms with Gasteiger partial charge in [-0.25, -0.2) is 9.59 Å². The van der Waals surface area contributed by atoms with E-state index in [0.29, 0.717) is 31.1 Å². The van der Waals surface area contributed by atoms with E-state index in [2.05, 4.69) is 0 Å². The molecule has 0 saturated heterocycles. The van der Waals surface area contributed by atoms with Crippen molar-refractivity contribution in [1.29, 1.82) is 0 Å². The summed E-state index contributed by atoms with van der Waals surface area (Å²) in [4.78, 5) is 23.0. The summed E-state index contributed by atoms with van der Waals surface area (Å²) in [5.74, 6) is -0.513. The molecule has 1 rings (SSSR count). The molecule has 116 valence electrons. The summed E-state index contributed by atoms with van der Waals surface area (Å²) in [5, 5.41) is 0. The van der Waals surface area contributed by atoms with Gasteiger partial charge >= 0.3 is 11.9 Å². The van der Waals surface area contributed by atoms with E-state index in [0.717, 1.165) is 0 Å². The van der Waals surface area contributed by atoms with Crippen LogP contribution in [0.5, 0.6) is 5.75 Å². The maximum absolute atomic E-state index is 11.6. The van der Waals surface area contributed by atoms with Crippen molar-refractivity contribution in [1.82, 2.24) is 0 Å². The maximum Gasteiger partial charge on any atom is 0.344 e. The van der Waals surface area contributed by atoms with Crippen LogP contribution in [-0.4, -0.2) is 45.0 Å². The SMILES string of the molecule is CCOCCOC(=O)COc1cccc(C(=O)OCC)c1. The van der Waals surface area contributed by atoms with Crippen molar-refractivity contribution in [3.05, 3.63) is 29.8 Å². The third-order valence-electron chi connectivity index (χ3n) is 2.40. The van der Waals surface area contributed by atoms with Crippen LogP contribution in [0.15, 0.2) is 24.3 Å². The molecular weight excluding hydrogens is 276 g/mol. The molecule has 0 aliphatic rings. The van der Waals surface area contributed by atoms with Crippen LogP contribution in [0.4, 0.5) is 0 Å². The lowest BCUT2D eigenvalue weighted by molar-refractivity contribution is -0.147. The van der Waals surface area contributed by atoms with E-state index >= 15 is 0 Å². The van der Waals surface area contributed by atoms with E-state index in [1.54, 1.807) is 25.1 Å². The van der Waals surface area contributed by atoms with Crippen LogP contribution in [0.2, 0.25) is 0 Å². The summed E-state index contributed by atoms with van der Waals surface area (Å²) >= 11 is 0. The number of ether oxygens (including phenoxy) is 4. The first-order valence-electron chi connectivity index (χ1n) is 6.80. The highest BCUT2D eigenvalue weighted by atomic mass is 16.6. The highest BCUT2D eigenvalue weighted by Gasteiger charge is 2.09. The molecule has 0 bridgehead atoms. The van der Waals surface area contributed by atoms with Crippen LogP contribution >= 0.6 is 0 Å². The summed E-state index contributed by atoms with van der Waals surface area (Å²) in [5.41, 5.74) is 0.374. The first kappa shape index (κ1) is 17.0. The summed E-state index contributed by atoms with van der Waals surface area (Å²) in [6, 6.07) is 6.44. The number of carbonyl (C=O) groups excluding carboxylic acids is 2. The monoisotopic (exact) mass is 296 g/mol. The first-order chi connectivity index (χ1) is 10.2. The van der Waals surface area contributed by atoms with Crippen molar-refractivity contribution >= 4 is 11.9 Å². The van der Waals surface area contributed by atoms with Gasteiger partial charge in [0.1, 0.15) is 12.4 Å². The second kappa shape index (κ2) is 9.77. The van der Waals surface area contributed by atoms with Crippen LogP contribution in [0.3, 0.4) is 0 Å². The number of benzene rings is 1. The average molecular weight is 296 g/mol. The molecular formula is C15H20O6. The van der Waals surface area contributed by atoms with Crippen molar-refractivity contribution in [3.8, 4) is 5.75 Å². The molecule has 1 aromatic carbocycles. The molecule has 0 radical (unpaired) electrons. The molecule has 0 atom stereocenters. The summed E-state index contributed by atoms with van der Waals surface area (Å²) in [7, 11) is 0. The number of rotatable bonds is 9. The van der Waals surface area contributed by atoms with Crippen molar-refractivity contribution in [2.45, 2.75) is 13.8 Å². The van der Waals surface area contributed by atoms with Gasteiger partial charge in [-0.2, -0.15) is 0 Å². The van der Waals surface area contributed by atoms with E-state index in [4.69, 9.17) is 18.9 Å². The third kappa shape index (κ3) is 6.76. The summed E-state index contributed by atoms with van der Waals surface area (Å²) in [6.07, 6.45) is 0. The summed E-state index contributed by atoms with van der Waals surface area (Å²) < 4.78 is 20.1. The highest BCUT2D eigenvalue weighted by molar-refractivity contribution is 5.89. The van der Waals surface area contributed by atoms with Crippen molar-refractivity contribution < 1.29 is 28.5 Å². The fourth-order valence-corrected chi connectivity index (χ4v) is 1.47. The molecule has 0 spiro atoms. The van der Waals surface area contributed by atoms with Gasteiger partial charge in [-0.1, -0.05) is 6.07 Å². The first-order valence-corrected chi connectivity index (χ1v) is 6.80. The second-order valence-corrected chi connectivity index (χ2v) is 3.95. The van der Waals surface area contributed by atoms with Gasteiger partial charge in [-0.05, 0) is 32.0 Å². The minimum absolute atomic E-state index is 0.193. The Morgan fingerprint density at radius 1 is 1.05 bits per heavy atom. The molecule has 21 heavy (non-hydrogen) atoms. The van der Waals surface area contributed by atoms with Gasteiger partial charge in [0.05, 0.1) is 18.8 Å². The van der Waals surface area contributed by atoms with E-state index < -0.39 is 11.9 Å². The Kier molecular flexibility index (Phi) is 7.89. The van der Waals surface area contributed by atoms with Gasteiger partial charge in [-0.3, -0.25) is 0 Å². The van der Waals surface area contributed by atoms with E-state index in [1.807, 2.05) is 6.92 Å². The van der Waals surface area contributed by atoms with Crippen LogP contribution < -0.4 is 4.74 Å². The van der Waals surface area contributed by atoms with E-state index in [-0.39, 0.29) is 13.2 Å². The molecule has 0 aliphatic heterocycles. The molecule has 0 heterocycles. The third-order valence-corrected chi connectivity index (χ3v) is 2.40. The van der Waals surface area contributed by atoms with Gasteiger partial charge in [0.2, 0.25) is 0 Å². The molecule has 0 N–H and O–H groups in total. The Balaban J connectivity index is 2.39. The average Bonchev–Trinajstić information content (AvgIpc) is 2.50. The zero-order valence-electron chi connectivity index (χ0n) is 12.3. The van der Waals surface area contributed by atoms with Crippen LogP contribution in [0.25, 0.3) is 0 Å². The fourth-order valence-electron chi connectivity index (χ4n) is 1.47. The largest absolute Gasteiger partial charge is 0.482 e. The van der Waals surface area contributed by atoms with Crippen LogP contribution in [0, 0.1) is 0 Å². The maximum atomic E-state index is 11.6. The Hall–Kier alpha value is -2.08. The molecule has 1 aromatic rings. The van der Waals surface area contributed by atoms with Crippen LogP contribution in [0.1, 0.15) is 24.2 Å². The van der Waals surface area contributed by atoms with Gasteiger partial charge < -0.3 is 18.9 Å². The predicted octanol–water partition coefficient (Wildman–Crippen LogP) is 1.82. The van der Waals surface area contributed by atoms with Crippen LogP contribution in [-0.2, 0) is 19.0 Å². The number of hydrogen-bond donors (Lipinski definition) is 0. The lowest BCUT2D eigenvalue weighted by Gasteiger charge is -2.08. The minimum atomic E-state index is -0.490. The van der Waals surface area contributed by atoms with Gasteiger partial charge in [0.25, 0.3) is 0 Å². The Morgan fingerprint density at radius 3 is 2.57 bits per heavy atom. The number of esters is 2.